The fraction of sp³-hybridized carbons (Fsp3) is 0.310. The smallest absolute Gasteiger partial charge is 0.264 e. The number of amides is 2. The number of anilines is 1. The number of carbonyl (C=O) groups excluding carboxylic acids is 2. The third kappa shape index (κ3) is 6.72. The number of hydrogen-bond donors (Lipinski definition) is 1. The van der Waals surface area contributed by atoms with Crippen LogP contribution in [0.3, 0.4) is 0 Å². The van der Waals surface area contributed by atoms with Gasteiger partial charge in [0, 0.05) is 13.1 Å². The molecule has 0 aliphatic carbocycles. The molecule has 0 saturated carbocycles. The van der Waals surface area contributed by atoms with Crippen molar-refractivity contribution in [1.82, 2.24) is 10.2 Å². The van der Waals surface area contributed by atoms with Crippen molar-refractivity contribution >= 4 is 27.5 Å². The van der Waals surface area contributed by atoms with Gasteiger partial charge < -0.3 is 15.0 Å². The van der Waals surface area contributed by atoms with Gasteiger partial charge in [-0.05, 0) is 67.8 Å². The molecule has 202 valence electrons. The molecule has 3 aromatic carbocycles. The van der Waals surface area contributed by atoms with E-state index in [4.69, 9.17) is 4.74 Å². The molecule has 0 radical (unpaired) electrons. The SMILES string of the molecule is CCNC(=O)[C@@H](CC)N(Cc1ccccc1C)C(=O)CN(c1ccccc1)S(=O)(=O)c1ccc(OC)cc1. The average molecular weight is 538 g/mol. The number of rotatable bonds is 12. The van der Waals surface area contributed by atoms with Gasteiger partial charge in [-0.3, -0.25) is 13.9 Å². The van der Waals surface area contributed by atoms with Crippen molar-refractivity contribution in [3.8, 4) is 5.75 Å². The number of methoxy groups -OCH3 is 1. The van der Waals surface area contributed by atoms with Gasteiger partial charge in [0.05, 0.1) is 17.7 Å². The fourth-order valence-corrected chi connectivity index (χ4v) is 5.59. The maximum atomic E-state index is 13.9. The van der Waals surface area contributed by atoms with Gasteiger partial charge in [0.1, 0.15) is 18.3 Å². The molecule has 0 spiro atoms. The molecule has 3 aromatic rings. The van der Waals surface area contributed by atoms with E-state index in [-0.39, 0.29) is 17.3 Å². The second kappa shape index (κ2) is 13.1. The van der Waals surface area contributed by atoms with Crippen LogP contribution in [-0.2, 0) is 26.2 Å². The lowest BCUT2D eigenvalue weighted by atomic mass is 10.1. The third-order valence-corrected chi connectivity index (χ3v) is 8.10. The van der Waals surface area contributed by atoms with E-state index >= 15 is 0 Å². The largest absolute Gasteiger partial charge is 0.497 e. The van der Waals surface area contributed by atoms with Crippen LogP contribution in [0.5, 0.6) is 5.75 Å². The minimum atomic E-state index is -4.12. The summed E-state index contributed by atoms with van der Waals surface area (Å²) in [6.07, 6.45) is 0.375. The maximum absolute atomic E-state index is 13.9. The molecule has 3 rings (SSSR count). The minimum Gasteiger partial charge on any atom is -0.497 e. The molecular formula is C29H35N3O5S. The zero-order chi connectivity index (χ0) is 27.7. The van der Waals surface area contributed by atoms with E-state index in [1.807, 2.05) is 45.0 Å². The number of aryl methyl sites for hydroxylation is 1. The molecular weight excluding hydrogens is 502 g/mol. The zero-order valence-corrected chi connectivity index (χ0v) is 23.1. The molecule has 0 bridgehead atoms. The Morgan fingerprint density at radius 2 is 1.55 bits per heavy atom. The van der Waals surface area contributed by atoms with Crippen molar-refractivity contribution in [3.63, 3.8) is 0 Å². The van der Waals surface area contributed by atoms with E-state index in [1.54, 1.807) is 42.5 Å². The van der Waals surface area contributed by atoms with Gasteiger partial charge in [-0.1, -0.05) is 49.4 Å². The molecule has 38 heavy (non-hydrogen) atoms. The molecule has 0 aliphatic rings. The predicted octanol–water partition coefficient (Wildman–Crippen LogP) is 4.14. The Labute approximate surface area is 225 Å². The first-order chi connectivity index (χ1) is 18.2. The van der Waals surface area contributed by atoms with Gasteiger partial charge in [-0.25, -0.2) is 8.42 Å². The average Bonchev–Trinajstić information content (AvgIpc) is 2.93. The van der Waals surface area contributed by atoms with Gasteiger partial charge in [0.15, 0.2) is 0 Å². The van der Waals surface area contributed by atoms with Crippen LogP contribution in [0.2, 0.25) is 0 Å². The van der Waals surface area contributed by atoms with Crippen LogP contribution in [0.1, 0.15) is 31.4 Å². The van der Waals surface area contributed by atoms with E-state index in [1.165, 1.54) is 24.1 Å². The summed E-state index contributed by atoms with van der Waals surface area (Å²) >= 11 is 0. The zero-order valence-electron chi connectivity index (χ0n) is 22.3. The summed E-state index contributed by atoms with van der Waals surface area (Å²) < 4.78 is 33.9. The highest BCUT2D eigenvalue weighted by atomic mass is 32.2. The highest BCUT2D eigenvalue weighted by Gasteiger charge is 2.33. The standard InChI is InChI=1S/C29H35N3O5S/c1-5-27(29(34)30-6-2)31(20-23-13-11-10-12-22(23)3)28(33)21-32(24-14-8-7-9-15-24)38(35,36)26-18-16-25(37-4)17-19-26/h7-19,27H,5-6,20-21H2,1-4H3,(H,30,34)/t27-/m1/s1. The molecule has 1 N–H and O–H groups in total. The van der Waals surface area contributed by atoms with Crippen molar-refractivity contribution in [1.29, 1.82) is 0 Å². The van der Waals surface area contributed by atoms with Gasteiger partial charge in [-0.15, -0.1) is 0 Å². The number of likely N-dealkylation sites (N-methyl/N-ethyl adjacent to an activating group) is 1. The molecule has 9 heteroatoms. The molecule has 0 fully saturated rings. The van der Waals surface area contributed by atoms with E-state index in [2.05, 4.69) is 5.32 Å². The number of benzene rings is 3. The second-order valence-corrected chi connectivity index (χ2v) is 10.7. The number of carbonyl (C=O) groups is 2. The number of nitrogens with zero attached hydrogens (tertiary/aromatic N) is 2. The molecule has 0 aliphatic heterocycles. The van der Waals surface area contributed by atoms with Crippen molar-refractivity contribution in [2.24, 2.45) is 0 Å². The van der Waals surface area contributed by atoms with E-state index in [9.17, 15) is 18.0 Å². The quantitative estimate of drug-likeness (QED) is 0.375. The topological polar surface area (TPSA) is 96.0 Å². The first-order valence-corrected chi connectivity index (χ1v) is 14.0. The number of para-hydroxylation sites is 1. The summed E-state index contributed by atoms with van der Waals surface area (Å²) in [5, 5.41) is 2.81. The molecule has 8 nitrogen and oxygen atoms in total. The molecule has 0 heterocycles. The Kier molecular flexibility index (Phi) is 9.90. The van der Waals surface area contributed by atoms with Crippen molar-refractivity contribution < 1.29 is 22.7 Å². The molecule has 0 saturated heterocycles. The first-order valence-electron chi connectivity index (χ1n) is 12.6. The van der Waals surface area contributed by atoms with Gasteiger partial charge in [-0.2, -0.15) is 0 Å². The van der Waals surface area contributed by atoms with Crippen LogP contribution >= 0.6 is 0 Å². The predicted molar refractivity (Wildman–Crippen MR) is 148 cm³/mol. The van der Waals surface area contributed by atoms with Crippen LogP contribution in [0.25, 0.3) is 0 Å². The van der Waals surface area contributed by atoms with Crippen molar-refractivity contribution in [3.05, 3.63) is 90.0 Å². The summed E-state index contributed by atoms with van der Waals surface area (Å²) in [6.45, 7) is 5.71. The summed E-state index contributed by atoms with van der Waals surface area (Å²) in [5.41, 5.74) is 2.20. The Hall–Kier alpha value is -3.85. The lowest BCUT2D eigenvalue weighted by Crippen LogP contribution is -2.52. The Balaban J connectivity index is 2.04. The summed E-state index contributed by atoms with van der Waals surface area (Å²) in [5.74, 6) is -0.239. The van der Waals surface area contributed by atoms with Gasteiger partial charge >= 0.3 is 0 Å². The number of nitrogens with one attached hydrogen (secondary N) is 1. The summed E-state index contributed by atoms with van der Waals surface area (Å²) in [6, 6.07) is 21.4. The normalized spacial score (nSPS) is 11.9. The third-order valence-electron chi connectivity index (χ3n) is 6.31. The lowest BCUT2D eigenvalue weighted by Gasteiger charge is -2.33. The first kappa shape index (κ1) is 28.7. The Morgan fingerprint density at radius 3 is 2.13 bits per heavy atom. The van der Waals surface area contributed by atoms with Crippen LogP contribution in [0, 0.1) is 6.92 Å². The molecule has 2 amide bonds. The second-order valence-electron chi connectivity index (χ2n) is 8.79. The maximum Gasteiger partial charge on any atom is 0.264 e. The summed E-state index contributed by atoms with van der Waals surface area (Å²) in [4.78, 5) is 28.4. The number of sulfonamides is 1. The van der Waals surface area contributed by atoms with Crippen LogP contribution < -0.4 is 14.4 Å². The molecule has 0 aromatic heterocycles. The van der Waals surface area contributed by atoms with Crippen LogP contribution in [0.15, 0.2) is 83.8 Å². The monoisotopic (exact) mass is 537 g/mol. The molecule has 0 unspecified atom stereocenters. The van der Waals surface area contributed by atoms with Crippen molar-refractivity contribution in [2.45, 2.75) is 44.7 Å². The van der Waals surface area contributed by atoms with Crippen molar-refractivity contribution in [2.75, 3.05) is 24.5 Å². The van der Waals surface area contributed by atoms with Crippen LogP contribution in [-0.4, -0.2) is 51.4 Å². The van der Waals surface area contributed by atoms with E-state index in [0.29, 0.717) is 24.4 Å². The fourth-order valence-electron chi connectivity index (χ4n) is 4.18. The van der Waals surface area contributed by atoms with E-state index in [0.717, 1.165) is 15.4 Å². The molecule has 1 atom stereocenters. The van der Waals surface area contributed by atoms with Gasteiger partial charge in [0.2, 0.25) is 11.8 Å². The number of ether oxygens (including phenoxy) is 1. The van der Waals surface area contributed by atoms with E-state index < -0.39 is 28.5 Å². The number of hydrogen-bond acceptors (Lipinski definition) is 5. The summed E-state index contributed by atoms with van der Waals surface area (Å²) in [7, 11) is -2.62. The minimum absolute atomic E-state index is 0.0242. The lowest BCUT2D eigenvalue weighted by molar-refractivity contribution is -0.140. The Bertz CT molecular complexity index is 1330. The highest BCUT2D eigenvalue weighted by molar-refractivity contribution is 7.92. The van der Waals surface area contributed by atoms with Gasteiger partial charge in [0.25, 0.3) is 10.0 Å². The van der Waals surface area contributed by atoms with Crippen LogP contribution in [0.4, 0.5) is 5.69 Å². The highest BCUT2D eigenvalue weighted by Crippen LogP contribution is 2.26. The Morgan fingerprint density at radius 1 is 0.921 bits per heavy atom.